The average Bonchev–Trinajstić information content (AvgIpc) is 2.92. The third-order valence-electron chi connectivity index (χ3n) is 3.04. The highest BCUT2D eigenvalue weighted by Crippen LogP contribution is 2.29. The van der Waals surface area contributed by atoms with E-state index in [2.05, 4.69) is 17.1 Å². The Morgan fingerprint density at radius 2 is 2.19 bits per heavy atom. The van der Waals surface area contributed by atoms with Crippen molar-refractivity contribution in [3.05, 3.63) is 35.5 Å². The van der Waals surface area contributed by atoms with Crippen molar-refractivity contribution in [1.29, 1.82) is 0 Å². The number of aromatic nitrogens is 2. The van der Waals surface area contributed by atoms with Crippen molar-refractivity contribution in [2.24, 2.45) is 5.73 Å². The fourth-order valence-corrected chi connectivity index (χ4v) is 1.95. The quantitative estimate of drug-likeness (QED) is 0.844. The highest BCUT2D eigenvalue weighted by Gasteiger charge is 2.12. The summed E-state index contributed by atoms with van der Waals surface area (Å²) < 4.78 is 16.1. The van der Waals surface area contributed by atoms with Crippen LogP contribution in [-0.4, -0.2) is 17.3 Å². The van der Waals surface area contributed by atoms with Crippen LogP contribution in [0.3, 0.4) is 0 Å². The van der Waals surface area contributed by atoms with Crippen molar-refractivity contribution in [2.75, 3.05) is 7.11 Å². The lowest BCUT2D eigenvalue weighted by Crippen LogP contribution is -2.08. The Morgan fingerprint density at radius 1 is 1.38 bits per heavy atom. The summed E-state index contributed by atoms with van der Waals surface area (Å²) in [5.74, 6) is 2.55. The maximum Gasteiger partial charge on any atom is 0.226 e. The summed E-state index contributed by atoms with van der Waals surface area (Å²) in [7, 11) is 1.61. The topological polar surface area (TPSA) is 83.4 Å². The number of hydrogen-bond acceptors (Lipinski definition) is 6. The van der Waals surface area contributed by atoms with Crippen LogP contribution in [0.1, 0.15) is 43.6 Å². The Morgan fingerprint density at radius 3 is 2.86 bits per heavy atom. The third kappa shape index (κ3) is 3.95. The number of methoxy groups -OCH3 is 1. The van der Waals surface area contributed by atoms with Crippen molar-refractivity contribution in [1.82, 2.24) is 10.1 Å². The van der Waals surface area contributed by atoms with Gasteiger partial charge in [0.15, 0.2) is 6.61 Å². The molecule has 114 valence electrons. The predicted octanol–water partition coefficient (Wildman–Crippen LogP) is 2.63. The van der Waals surface area contributed by atoms with E-state index in [9.17, 15) is 0 Å². The Bertz CT molecular complexity index is 581. The number of benzene rings is 1. The van der Waals surface area contributed by atoms with Gasteiger partial charge in [-0.1, -0.05) is 18.1 Å². The molecule has 6 nitrogen and oxygen atoms in total. The summed E-state index contributed by atoms with van der Waals surface area (Å²) >= 11 is 0. The van der Waals surface area contributed by atoms with Gasteiger partial charge in [-0.25, -0.2) is 0 Å². The lowest BCUT2D eigenvalue weighted by Gasteiger charge is -2.14. The first-order chi connectivity index (χ1) is 10.1. The lowest BCUT2D eigenvalue weighted by molar-refractivity contribution is 0.279. The van der Waals surface area contributed by atoms with Gasteiger partial charge in [0.05, 0.1) is 7.11 Å². The molecule has 0 saturated heterocycles. The van der Waals surface area contributed by atoms with Crippen LogP contribution >= 0.6 is 0 Å². The molecule has 1 atom stereocenters. The second kappa shape index (κ2) is 7.08. The molecule has 0 radical (unpaired) electrons. The maximum atomic E-state index is 5.95. The predicted molar refractivity (Wildman–Crippen MR) is 78.2 cm³/mol. The number of nitrogens with two attached hydrogens (primary N) is 1. The van der Waals surface area contributed by atoms with Gasteiger partial charge in [-0.05, 0) is 19.4 Å². The number of ether oxygens (including phenoxy) is 2. The van der Waals surface area contributed by atoms with E-state index in [1.807, 2.05) is 25.1 Å². The Kier molecular flexibility index (Phi) is 5.16. The van der Waals surface area contributed by atoms with Crippen LogP contribution in [0, 0.1) is 0 Å². The van der Waals surface area contributed by atoms with Gasteiger partial charge in [0, 0.05) is 24.1 Å². The molecule has 0 bridgehead atoms. The highest BCUT2D eigenvalue weighted by molar-refractivity contribution is 5.42. The molecule has 0 unspecified atom stereocenters. The van der Waals surface area contributed by atoms with E-state index < -0.39 is 0 Å². The molecule has 0 fully saturated rings. The number of hydrogen-bond donors (Lipinski definition) is 1. The van der Waals surface area contributed by atoms with Crippen molar-refractivity contribution in [3.63, 3.8) is 0 Å². The van der Waals surface area contributed by atoms with Crippen LogP contribution in [0.4, 0.5) is 0 Å². The van der Waals surface area contributed by atoms with Gasteiger partial charge < -0.3 is 19.7 Å². The average molecular weight is 291 g/mol. The zero-order valence-corrected chi connectivity index (χ0v) is 12.6. The summed E-state index contributed by atoms with van der Waals surface area (Å²) in [5, 5.41) is 3.89. The Hall–Kier alpha value is -2.08. The van der Waals surface area contributed by atoms with Crippen LogP contribution in [-0.2, 0) is 13.0 Å². The van der Waals surface area contributed by atoms with Gasteiger partial charge in [-0.3, -0.25) is 0 Å². The minimum absolute atomic E-state index is 0.133. The van der Waals surface area contributed by atoms with Gasteiger partial charge in [0.2, 0.25) is 11.7 Å². The molecule has 1 heterocycles. The molecular formula is C15H21N3O3. The molecule has 2 N–H and O–H groups in total. The van der Waals surface area contributed by atoms with Crippen LogP contribution in [0.2, 0.25) is 0 Å². The summed E-state index contributed by atoms with van der Waals surface area (Å²) in [6, 6.07) is 5.44. The number of aryl methyl sites for hydroxylation is 1. The molecule has 6 heteroatoms. The zero-order chi connectivity index (χ0) is 15.2. The molecule has 0 saturated carbocycles. The first kappa shape index (κ1) is 15.3. The van der Waals surface area contributed by atoms with E-state index in [4.69, 9.17) is 19.7 Å². The largest absolute Gasteiger partial charge is 0.497 e. The summed E-state index contributed by atoms with van der Waals surface area (Å²) in [5.41, 5.74) is 6.86. The minimum Gasteiger partial charge on any atom is -0.497 e. The fraction of sp³-hybridized carbons (Fsp3) is 0.467. The molecule has 1 aromatic carbocycles. The van der Waals surface area contributed by atoms with Crippen LogP contribution in [0.5, 0.6) is 11.5 Å². The summed E-state index contributed by atoms with van der Waals surface area (Å²) in [6.07, 6.45) is 1.74. The maximum absolute atomic E-state index is 5.95. The molecule has 0 aliphatic carbocycles. The second-order valence-electron chi connectivity index (χ2n) is 4.84. The number of nitrogens with zero attached hydrogens (tertiary/aromatic N) is 2. The van der Waals surface area contributed by atoms with Crippen molar-refractivity contribution >= 4 is 0 Å². The highest BCUT2D eigenvalue weighted by atomic mass is 16.5. The van der Waals surface area contributed by atoms with Gasteiger partial charge in [-0.15, -0.1) is 0 Å². The summed E-state index contributed by atoms with van der Waals surface area (Å²) in [6.45, 7) is 4.20. The normalized spacial score (nSPS) is 12.2. The van der Waals surface area contributed by atoms with Crippen LogP contribution < -0.4 is 15.2 Å². The van der Waals surface area contributed by atoms with Crippen molar-refractivity contribution in [3.8, 4) is 11.5 Å². The van der Waals surface area contributed by atoms with Crippen molar-refractivity contribution < 1.29 is 14.0 Å². The second-order valence-corrected chi connectivity index (χ2v) is 4.84. The molecular weight excluding hydrogens is 270 g/mol. The fourth-order valence-electron chi connectivity index (χ4n) is 1.95. The van der Waals surface area contributed by atoms with Crippen molar-refractivity contribution in [2.45, 2.75) is 39.3 Å². The molecule has 0 aliphatic heterocycles. The van der Waals surface area contributed by atoms with Crippen LogP contribution in [0.15, 0.2) is 22.7 Å². The minimum atomic E-state index is -0.133. The van der Waals surface area contributed by atoms with Gasteiger partial charge in [0.25, 0.3) is 0 Å². The Labute approximate surface area is 124 Å². The van der Waals surface area contributed by atoms with E-state index >= 15 is 0 Å². The van der Waals surface area contributed by atoms with Crippen LogP contribution in [0.25, 0.3) is 0 Å². The smallest absolute Gasteiger partial charge is 0.226 e. The monoisotopic (exact) mass is 291 g/mol. The molecule has 21 heavy (non-hydrogen) atoms. The molecule has 2 aromatic rings. The standard InChI is InChI=1S/C15H21N3O3/c1-4-5-15-17-14(18-21-15)9-20-13-8-11(19-3)6-7-12(13)10(2)16/h6-8,10H,4-5,9,16H2,1-3H3/t10-/m1/s1. The van der Waals surface area contributed by atoms with Gasteiger partial charge in [-0.2, -0.15) is 4.98 Å². The first-order valence-corrected chi connectivity index (χ1v) is 7.01. The molecule has 2 rings (SSSR count). The van der Waals surface area contributed by atoms with E-state index in [0.29, 0.717) is 23.2 Å². The van der Waals surface area contributed by atoms with Gasteiger partial charge in [0.1, 0.15) is 11.5 Å². The lowest BCUT2D eigenvalue weighted by atomic mass is 10.1. The molecule has 0 spiro atoms. The zero-order valence-electron chi connectivity index (χ0n) is 12.6. The van der Waals surface area contributed by atoms with Gasteiger partial charge >= 0.3 is 0 Å². The van der Waals surface area contributed by atoms with E-state index in [1.165, 1.54) is 0 Å². The third-order valence-corrected chi connectivity index (χ3v) is 3.04. The number of rotatable bonds is 7. The summed E-state index contributed by atoms with van der Waals surface area (Å²) in [4.78, 5) is 4.27. The van der Waals surface area contributed by atoms with E-state index in [1.54, 1.807) is 7.11 Å². The molecule has 1 aromatic heterocycles. The SMILES string of the molecule is CCCc1nc(COc2cc(OC)ccc2[C@@H](C)N)no1. The molecule has 0 aliphatic rings. The first-order valence-electron chi connectivity index (χ1n) is 7.01. The van der Waals surface area contributed by atoms with E-state index in [-0.39, 0.29) is 12.6 Å². The Balaban J connectivity index is 2.10. The molecule has 0 amide bonds. The van der Waals surface area contributed by atoms with E-state index in [0.717, 1.165) is 18.4 Å².